The number of piperidine rings is 1. The summed E-state index contributed by atoms with van der Waals surface area (Å²) in [4.78, 5) is 17.5. The number of likely N-dealkylation sites (tertiary alicyclic amines) is 1. The highest BCUT2D eigenvalue weighted by Gasteiger charge is 2.41. The van der Waals surface area contributed by atoms with Gasteiger partial charge in [-0.05, 0) is 74.1 Å². The normalized spacial score (nSPS) is 24.7. The maximum Gasteiger partial charge on any atom is 0.335 e. The Labute approximate surface area is 199 Å². The molecule has 3 heterocycles. The number of aromatic carboxylic acids is 1. The third-order valence-electron chi connectivity index (χ3n) is 7.31. The van der Waals surface area contributed by atoms with Crippen LogP contribution in [0.4, 0.5) is 0 Å². The van der Waals surface area contributed by atoms with Crippen molar-refractivity contribution in [1.82, 2.24) is 9.88 Å². The number of benzene rings is 2. The minimum Gasteiger partial charge on any atom is -0.478 e. The number of hydrogen-bond acceptors (Lipinski definition) is 5. The number of H-pyrrole nitrogens is 1. The van der Waals surface area contributed by atoms with Crippen LogP contribution in [0.5, 0.6) is 0 Å². The maximum absolute atomic E-state index is 13.1. The molecule has 1 saturated heterocycles. The Balaban J connectivity index is 1.61. The van der Waals surface area contributed by atoms with Crippen molar-refractivity contribution in [3.05, 3.63) is 64.8 Å². The van der Waals surface area contributed by atoms with Crippen molar-refractivity contribution < 1.29 is 23.1 Å². The van der Waals surface area contributed by atoms with Crippen molar-refractivity contribution in [1.29, 1.82) is 0 Å². The first-order valence-corrected chi connectivity index (χ1v) is 13.5. The van der Waals surface area contributed by atoms with Gasteiger partial charge in [-0.2, -0.15) is 0 Å². The van der Waals surface area contributed by atoms with Gasteiger partial charge in [-0.25, -0.2) is 13.2 Å². The highest BCUT2D eigenvalue weighted by molar-refractivity contribution is 7.91. The summed E-state index contributed by atoms with van der Waals surface area (Å²) in [7, 11) is -3.35. The number of rotatable bonds is 5. The van der Waals surface area contributed by atoms with Crippen LogP contribution in [0.2, 0.25) is 0 Å². The van der Waals surface area contributed by atoms with Gasteiger partial charge < -0.3 is 14.8 Å². The Morgan fingerprint density at radius 2 is 1.94 bits per heavy atom. The summed E-state index contributed by atoms with van der Waals surface area (Å²) in [5.74, 6) is -0.827. The van der Waals surface area contributed by atoms with Crippen LogP contribution in [0.1, 0.15) is 65.3 Å². The van der Waals surface area contributed by atoms with E-state index in [-0.39, 0.29) is 29.5 Å². The van der Waals surface area contributed by atoms with E-state index < -0.39 is 15.8 Å². The fraction of sp³-hybridized carbons (Fsp3) is 0.423. The predicted octanol–water partition coefficient (Wildman–Crippen LogP) is 4.64. The topological polar surface area (TPSA) is 99.7 Å². The molecule has 34 heavy (non-hydrogen) atoms. The standard InChI is InChI=1S/C26H30N2O5S/c1-3-33-19-9-12-28(22(15-19)17-4-6-18(7-5-17)26(29)30)21-10-13-34(31,32)23-14-16(2)25-20(24(21)23)8-11-27-25/h4-8,11,14,19,21-22,27H,3,9-10,12-13,15H2,1-2H3,(H,29,30)/t19-,21?,22-/m0/s1. The molecule has 2 aromatic carbocycles. The molecule has 0 spiro atoms. The second-order valence-electron chi connectivity index (χ2n) is 9.28. The molecule has 3 aromatic rings. The smallest absolute Gasteiger partial charge is 0.335 e. The molecule has 2 aliphatic rings. The first-order chi connectivity index (χ1) is 16.3. The lowest BCUT2D eigenvalue weighted by Crippen LogP contribution is -2.44. The largest absolute Gasteiger partial charge is 0.478 e. The average molecular weight is 483 g/mol. The highest BCUT2D eigenvalue weighted by atomic mass is 32.2. The van der Waals surface area contributed by atoms with E-state index in [9.17, 15) is 18.3 Å². The van der Waals surface area contributed by atoms with Crippen molar-refractivity contribution >= 4 is 26.7 Å². The van der Waals surface area contributed by atoms with Gasteiger partial charge in [0.05, 0.1) is 22.3 Å². The molecule has 0 amide bonds. The fourth-order valence-electron chi connectivity index (χ4n) is 5.74. The van der Waals surface area contributed by atoms with Crippen LogP contribution in [-0.2, 0) is 14.6 Å². The van der Waals surface area contributed by atoms with E-state index in [0.717, 1.165) is 47.0 Å². The van der Waals surface area contributed by atoms with E-state index in [1.807, 2.05) is 44.3 Å². The van der Waals surface area contributed by atoms with Gasteiger partial charge >= 0.3 is 5.97 Å². The number of nitrogens with one attached hydrogen (secondary N) is 1. The summed E-state index contributed by atoms with van der Waals surface area (Å²) in [5, 5.41) is 10.3. The second-order valence-corrected chi connectivity index (χ2v) is 11.4. The Hall–Kier alpha value is -2.68. The summed E-state index contributed by atoms with van der Waals surface area (Å²) >= 11 is 0. The zero-order valence-electron chi connectivity index (χ0n) is 19.5. The Bertz CT molecular complexity index is 1330. The Kier molecular flexibility index (Phi) is 6.00. The third kappa shape index (κ3) is 3.93. The van der Waals surface area contributed by atoms with E-state index in [1.54, 1.807) is 12.1 Å². The number of sulfone groups is 1. The van der Waals surface area contributed by atoms with Gasteiger partial charge in [0.2, 0.25) is 0 Å². The molecule has 180 valence electrons. The minimum atomic E-state index is -3.35. The molecule has 1 fully saturated rings. The van der Waals surface area contributed by atoms with E-state index in [2.05, 4.69) is 9.88 Å². The van der Waals surface area contributed by atoms with E-state index >= 15 is 0 Å². The van der Waals surface area contributed by atoms with Gasteiger partial charge in [0.15, 0.2) is 9.84 Å². The van der Waals surface area contributed by atoms with Gasteiger partial charge in [-0.15, -0.1) is 0 Å². The molecule has 0 saturated carbocycles. The summed E-state index contributed by atoms with van der Waals surface area (Å²) in [6.45, 7) is 5.36. The van der Waals surface area contributed by atoms with E-state index in [0.29, 0.717) is 17.9 Å². The molecule has 0 aliphatic carbocycles. The van der Waals surface area contributed by atoms with Gasteiger partial charge in [0, 0.05) is 42.3 Å². The van der Waals surface area contributed by atoms with Crippen LogP contribution >= 0.6 is 0 Å². The number of aromatic amines is 1. The molecule has 2 N–H and O–H groups in total. The number of carboxylic acids is 1. The number of carbonyl (C=O) groups is 1. The highest BCUT2D eigenvalue weighted by Crippen LogP contribution is 2.46. The second kappa shape index (κ2) is 8.83. The minimum absolute atomic E-state index is 0.00194. The van der Waals surface area contributed by atoms with E-state index in [1.165, 1.54) is 0 Å². The van der Waals surface area contributed by atoms with Crippen molar-refractivity contribution in [3.8, 4) is 0 Å². The molecule has 5 rings (SSSR count). The van der Waals surface area contributed by atoms with E-state index in [4.69, 9.17) is 4.74 Å². The summed E-state index contributed by atoms with van der Waals surface area (Å²) in [6.07, 6.45) is 4.17. The molecule has 0 radical (unpaired) electrons. The fourth-order valence-corrected chi connectivity index (χ4v) is 7.43. The lowest BCUT2D eigenvalue weighted by molar-refractivity contribution is -0.0269. The zero-order chi connectivity index (χ0) is 24.0. The quantitative estimate of drug-likeness (QED) is 0.550. The molecule has 3 atom stereocenters. The maximum atomic E-state index is 13.1. The molecule has 2 aliphatic heterocycles. The number of carboxylic acid groups (broad SMARTS) is 1. The monoisotopic (exact) mass is 482 g/mol. The summed E-state index contributed by atoms with van der Waals surface area (Å²) in [6, 6.07) is 10.8. The molecular weight excluding hydrogens is 452 g/mol. The van der Waals surface area contributed by atoms with Crippen LogP contribution in [-0.4, -0.2) is 54.4 Å². The predicted molar refractivity (Wildman–Crippen MR) is 130 cm³/mol. The Morgan fingerprint density at radius 1 is 1.18 bits per heavy atom. The summed E-state index contributed by atoms with van der Waals surface area (Å²) in [5.41, 5.74) is 4.08. The van der Waals surface area contributed by atoms with Gasteiger partial charge in [0.25, 0.3) is 0 Å². The lowest BCUT2D eigenvalue weighted by Gasteiger charge is -2.46. The van der Waals surface area contributed by atoms with Crippen molar-refractivity contribution in [2.24, 2.45) is 0 Å². The number of ether oxygens (including phenoxy) is 1. The van der Waals surface area contributed by atoms with Gasteiger partial charge in [-0.1, -0.05) is 12.1 Å². The van der Waals surface area contributed by atoms with Crippen LogP contribution in [0.25, 0.3) is 10.9 Å². The molecule has 7 nitrogen and oxygen atoms in total. The summed E-state index contributed by atoms with van der Waals surface area (Å²) < 4.78 is 32.2. The van der Waals surface area contributed by atoms with Gasteiger partial charge in [-0.3, -0.25) is 4.90 Å². The van der Waals surface area contributed by atoms with Crippen molar-refractivity contribution in [2.45, 2.75) is 56.2 Å². The van der Waals surface area contributed by atoms with Crippen LogP contribution in [0.15, 0.2) is 47.5 Å². The lowest BCUT2D eigenvalue weighted by atomic mass is 9.87. The third-order valence-corrected chi connectivity index (χ3v) is 9.09. The number of hydrogen-bond donors (Lipinski definition) is 2. The molecular formula is C26H30N2O5S. The van der Waals surface area contributed by atoms with Gasteiger partial charge in [0.1, 0.15) is 0 Å². The molecule has 0 bridgehead atoms. The number of aryl methyl sites for hydroxylation is 1. The first-order valence-electron chi connectivity index (χ1n) is 11.8. The first kappa shape index (κ1) is 23.1. The Morgan fingerprint density at radius 3 is 2.65 bits per heavy atom. The van der Waals surface area contributed by atoms with Crippen molar-refractivity contribution in [3.63, 3.8) is 0 Å². The number of nitrogens with zero attached hydrogens (tertiary/aromatic N) is 1. The average Bonchev–Trinajstić information content (AvgIpc) is 3.31. The SMILES string of the molecule is CCO[C@H]1CCN(C2CCS(=O)(=O)c3cc(C)c4[nH]ccc4c32)[C@H](c2ccc(C(=O)O)cc2)C1. The molecule has 1 aromatic heterocycles. The van der Waals surface area contributed by atoms with Crippen LogP contribution in [0.3, 0.4) is 0 Å². The van der Waals surface area contributed by atoms with Crippen molar-refractivity contribution in [2.75, 3.05) is 18.9 Å². The number of fused-ring (bicyclic) bond motifs is 3. The zero-order valence-corrected chi connectivity index (χ0v) is 20.3. The molecule has 1 unspecified atom stereocenters. The number of aromatic nitrogens is 1. The van der Waals surface area contributed by atoms with Crippen LogP contribution < -0.4 is 0 Å². The van der Waals surface area contributed by atoms with Crippen LogP contribution in [0, 0.1) is 6.92 Å². The molecule has 8 heteroatoms.